The predicted molar refractivity (Wildman–Crippen MR) is 109 cm³/mol. The van der Waals surface area contributed by atoms with E-state index >= 15 is 0 Å². The van der Waals surface area contributed by atoms with Gasteiger partial charge in [-0.05, 0) is 77.4 Å². The van der Waals surface area contributed by atoms with E-state index < -0.39 is 0 Å². The van der Waals surface area contributed by atoms with Crippen LogP contribution in [-0.2, 0) is 0 Å². The maximum Gasteiger partial charge on any atom is 0.253 e. The lowest BCUT2D eigenvalue weighted by Gasteiger charge is -2.22. The number of nitrogens with one attached hydrogen (secondary N) is 2. The topological polar surface area (TPSA) is 57.3 Å². The molecule has 2 N–H and O–H groups in total. The molecule has 0 unspecified atom stereocenters. The molecular formula is C21H30N4O. The first-order chi connectivity index (χ1) is 12.2. The van der Waals surface area contributed by atoms with Crippen molar-refractivity contribution in [3.8, 4) is 0 Å². The van der Waals surface area contributed by atoms with Crippen molar-refractivity contribution in [1.29, 1.82) is 0 Å². The minimum atomic E-state index is -0.266. The summed E-state index contributed by atoms with van der Waals surface area (Å²) in [5.74, 6) is 0.604. The van der Waals surface area contributed by atoms with Gasteiger partial charge in [-0.1, -0.05) is 0 Å². The summed E-state index contributed by atoms with van der Waals surface area (Å²) in [4.78, 5) is 18.9. The van der Waals surface area contributed by atoms with Crippen molar-refractivity contribution in [1.82, 2.24) is 10.3 Å². The van der Waals surface area contributed by atoms with Crippen LogP contribution in [0.15, 0.2) is 36.5 Å². The summed E-state index contributed by atoms with van der Waals surface area (Å²) >= 11 is 0. The molecule has 5 heteroatoms. The van der Waals surface area contributed by atoms with Crippen molar-refractivity contribution >= 4 is 23.1 Å². The molecule has 2 rings (SSSR count). The van der Waals surface area contributed by atoms with E-state index in [1.165, 1.54) is 5.69 Å². The average molecular weight is 354 g/mol. The van der Waals surface area contributed by atoms with Gasteiger partial charge in [-0.15, -0.1) is 0 Å². The number of amides is 1. The number of anilines is 3. The van der Waals surface area contributed by atoms with Crippen molar-refractivity contribution in [3.05, 3.63) is 47.7 Å². The van der Waals surface area contributed by atoms with Crippen LogP contribution >= 0.6 is 0 Å². The van der Waals surface area contributed by atoms with Gasteiger partial charge in [0.05, 0.1) is 5.56 Å². The van der Waals surface area contributed by atoms with E-state index in [0.29, 0.717) is 5.56 Å². The number of carbonyl (C=O) groups is 1. The molecule has 0 saturated carbocycles. The van der Waals surface area contributed by atoms with Crippen molar-refractivity contribution in [3.63, 3.8) is 0 Å². The van der Waals surface area contributed by atoms with Crippen LogP contribution in [0.2, 0.25) is 0 Å². The van der Waals surface area contributed by atoms with Crippen LogP contribution in [0.5, 0.6) is 0 Å². The van der Waals surface area contributed by atoms with Crippen LogP contribution in [0.25, 0.3) is 0 Å². The zero-order valence-electron chi connectivity index (χ0n) is 16.7. The van der Waals surface area contributed by atoms with E-state index in [2.05, 4.69) is 59.5 Å². The number of aromatic nitrogens is 1. The molecule has 1 heterocycles. The monoisotopic (exact) mass is 354 g/mol. The quantitative estimate of drug-likeness (QED) is 0.801. The lowest BCUT2D eigenvalue weighted by atomic mass is 10.1. The number of hydrogen-bond donors (Lipinski definition) is 2. The van der Waals surface area contributed by atoms with Crippen LogP contribution in [0, 0.1) is 6.92 Å². The molecule has 0 spiro atoms. The van der Waals surface area contributed by atoms with Crippen molar-refractivity contribution in [2.24, 2.45) is 0 Å². The normalized spacial score (nSPS) is 11.2. The molecular weight excluding hydrogens is 324 g/mol. The van der Waals surface area contributed by atoms with E-state index in [4.69, 9.17) is 0 Å². The molecule has 0 aliphatic carbocycles. The van der Waals surface area contributed by atoms with Gasteiger partial charge >= 0.3 is 0 Å². The lowest BCUT2D eigenvalue weighted by molar-refractivity contribution is 0.0919. The van der Waals surface area contributed by atoms with Gasteiger partial charge in [-0.25, -0.2) is 4.98 Å². The van der Waals surface area contributed by atoms with E-state index in [-0.39, 0.29) is 11.4 Å². The van der Waals surface area contributed by atoms with Gasteiger partial charge < -0.3 is 15.5 Å². The second kappa shape index (κ2) is 8.21. The molecule has 1 aromatic carbocycles. The largest absolute Gasteiger partial charge is 0.372 e. The van der Waals surface area contributed by atoms with Gasteiger partial charge in [0.2, 0.25) is 0 Å². The summed E-state index contributed by atoms with van der Waals surface area (Å²) in [7, 11) is 0. The summed E-state index contributed by atoms with van der Waals surface area (Å²) in [6.45, 7) is 14.3. The van der Waals surface area contributed by atoms with Crippen molar-refractivity contribution < 1.29 is 4.79 Å². The highest BCUT2D eigenvalue weighted by atomic mass is 16.1. The maximum absolute atomic E-state index is 12.2. The van der Waals surface area contributed by atoms with E-state index in [1.807, 2.05) is 26.8 Å². The first kappa shape index (κ1) is 19.8. The van der Waals surface area contributed by atoms with Gasteiger partial charge in [0.1, 0.15) is 5.82 Å². The van der Waals surface area contributed by atoms with Gasteiger partial charge in [0, 0.05) is 36.2 Å². The summed E-state index contributed by atoms with van der Waals surface area (Å²) in [5.41, 5.74) is 3.68. The molecule has 5 nitrogen and oxygen atoms in total. The first-order valence-corrected chi connectivity index (χ1v) is 9.14. The van der Waals surface area contributed by atoms with Gasteiger partial charge in [0.25, 0.3) is 5.91 Å². The average Bonchev–Trinajstić information content (AvgIpc) is 2.57. The van der Waals surface area contributed by atoms with Gasteiger partial charge in [-0.3, -0.25) is 4.79 Å². The highest BCUT2D eigenvalue weighted by Crippen LogP contribution is 2.25. The van der Waals surface area contributed by atoms with E-state index in [1.54, 1.807) is 12.3 Å². The maximum atomic E-state index is 12.2. The van der Waals surface area contributed by atoms with Crippen LogP contribution < -0.4 is 15.5 Å². The number of aryl methyl sites for hydroxylation is 1. The minimum Gasteiger partial charge on any atom is -0.372 e. The third kappa shape index (κ3) is 5.22. The third-order valence-electron chi connectivity index (χ3n) is 4.12. The zero-order valence-corrected chi connectivity index (χ0v) is 16.7. The van der Waals surface area contributed by atoms with Crippen molar-refractivity contribution in [2.45, 2.75) is 47.1 Å². The number of carbonyl (C=O) groups excluding carboxylic acids is 1. The summed E-state index contributed by atoms with van der Waals surface area (Å²) in [6.07, 6.45) is 1.60. The Balaban J connectivity index is 2.10. The zero-order chi connectivity index (χ0) is 19.3. The second-order valence-corrected chi connectivity index (χ2v) is 7.43. The summed E-state index contributed by atoms with van der Waals surface area (Å²) < 4.78 is 0. The Hall–Kier alpha value is -2.56. The molecule has 0 bridgehead atoms. The standard InChI is InChI=1S/C21H30N4O/c1-7-25(8-2)17-10-11-18(15(3)13-17)23-19-12-9-16(14-22-19)20(26)24-21(4,5)6/h9-14H,7-8H2,1-6H3,(H,22,23)(H,24,26). The number of pyridine rings is 1. The molecule has 140 valence electrons. The minimum absolute atomic E-state index is 0.115. The molecule has 2 aromatic rings. The SMILES string of the molecule is CCN(CC)c1ccc(Nc2ccc(C(=O)NC(C)(C)C)cn2)c(C)c1. The Bertz CT molecular complexity index is 744. The fourth-order valence-corrected chi connectivity index (χ4v) is 2.73. The van der Waals surface area contributed by atoms with Crippen LogP contribution in [0.3, 0.4) is 0 Å². The van der Waals surface area contributed by atoms with Crippen LogP contribution in [0.1, 0.15) is 50.5 Å². The third-order valence-corrected chi connectivity index (χ3v) is 4.12. The molecule has 0 atom stereocenters. The Morgan fingerprint density at radius 1 is 1.12 bits per heavy atom. The van der Waals surface area contributed by atoms with E-state index in [9.17, 15) is 4.79 Å². The van der Waals surface area contributed by atoms with Crippen LogP contribution in [0.4, 0.5) is 17.2 Å². The summed E-state index contributed by atoms with van der Waals surface area (Å²) in [6, 6.07) is 9.99. The molecule has 0 radical (unpaired) electrons. The highest BCUT2D eigenvalue weighted by molar-refractivity contribution is 5.94. The fourth-order valence-electron chi connectivity index (χ4n) is 2.73. The number of rotatable bonds is 6. The predicted octanol–water partition coefficient (Wildman–Crippen LogP) is 4.51. The number of nitrogens with zero attached hydrogens (tertiary/aromatic N) is 2. The number of benzene rings is 1. The van der Waals surface area contributed by atoms with Crippen molar-refractivity contribution in [2.75, 3.05) is 23.3 Å². The molecule has 0 aliphatic heterocycles. The number of hydrogen-bond acceptors (Lipinski definition) is 4. The molecule has 0 aliphatic rings. The lowest BCUT2D eigenvalue weighted by Crippen LogP contribution is -2.40. The molecule has 0 fully saturated rings. The molecule has 1 amide bonds. The first-order valence-electron chi connectivity index (χ1n) is 9.14. The molecule has 0 saturated heterocycles. The summed E-state index contributed by atoms with van der Waals surface area (Å²) in [5, 5.41) is 6.26. The fraction of sp³-hybridized carbons (Fsp3) is 0.429. The van der Waals surface area contributed by atoms with Gasteiger partial charge in [0.15, 0.2) is 0 Å². The molecule has 1 aromatic heterocycles. The second-order valence-electron chi connectivity index (χ2n) is 7.43. The Labute approximate surface area is 156 Å². The highest BCUT2D eigenvalue weighted by Gasteiger charge is 2.15. The van der Waals surface area contributed by atoms with Crippen LogP contribution in [-0.4, -0.2) is 29.5 Å². The Morgan fingerprint density at radius 3 is 2.31 bits per heavy atom. The molecule has 26 heavy (non-hydrogen) atoms. The van der Waals surface area contributed by atoms with Gasteiger partial charge in [-0.2, -0.15) is 0 Å². The Morgan fingerprint density at radius 2 is 1.81 bits per heavy atom. The van der Waals surface area contributed by atoms with E-state index in [0.717, 1.165) is 30.2 Å². The smallest absolute Gasteiger partial charge is 0.253 e. The Kier molecular flexibility index (Phi) is 6.24.